The number of hydrogen-bond donors (Lipinski definition) is 1. The molecule has 0 aliphatic rings. The highest BCUT2D eigenvalue weighted by Gasteiger charge is 1.96. The van der Waals surface area contributed by atoms with Gasteiger partial charge in [-0.3, -0.25) is 4.79 Å². The van der Waals surface area contributed by atoms with Crippen LogP contribution >= 0.6 is 0 Å². The molecule has 0 fully saturated rings. The van der Waals surface area contributed by atoms with Crippen LogP contribution in [0.3, 0.4) is 0 Å². The molecule has 11 heavy (non-hydrogen) atoms. The maximum atomic E-state index is 10.7. The SMILES string of the molecule is CCOCCNC(=O)COC. The fourth-order valence-electron chi connectivity index (χ4n) is 0.589. The van der Waals surface area contributed by atoms with Crippen molar-refractivity contribution >= 4 is 5.91 Å². The smallest absolute Gasteiger partial charge is 0.246 e. The summed E-state index contributed by atoms with van der Waals surface area (Å²) in [6, 6.07) is 0. The first-order valence-electron chi connectivity index (χ1n) is 3.64. The fourth-order valence-corrected chi connectivity index (χ4v) is 0.589. The lowest BCUT2D eigenvalue weighted by Crippen LogP contribution is -2.30. The van der Waals surface area contributed by atoms with Crippen LogP contribution in [-0.4, -0.2) is 39.4 Å². The number of methoxy groups -OCH3 is 1. The number of nitrogens with one attached hydrogen (secondary N) is 1. The number of hydrogen-bond acceptors (Lipinski definition) is 3. The van der Waals surface area contributed by atoms with E-state index in [1.807, 2.05) is 6.92 Å². The number of carbonyl (C=O) groups is 1. The molecule has 0 saturated carbocycles. The summed E-state index contributed by atoms with van der Waals surface area (Å²) < 4.78 is 9.61. The summed E-state index contributed by atoms with van der Waals surface area (Å²) in [5.41, 5.74) is 0. The summed E-state index contributed by atoms with van der Waals surface area (Å²) in [6.07, 6.45) is 0. The molecule has 0 aliphatic carbocycles. The van der Waals surface area contributed by atoms with Crippen LogP contribution in [0.2, 0.25) is 0 Å². The molecule has 1 N–H and O–H groups in total. The van der Waals surface area contributed by atoms with Crippen LogP contribution in [-0.2, 0) is 14.3 Å². The topological polar surface area (TPSA) is 47.6 Å². The average Bonchev–Trinajstić information content (AvgIpc) is 1.99. The minimum atomic E-state index is -0.104. The normalized spacial score (nSPS) is 9.64. The van der Waals surface area contributed by atoms with Gasteiger partial charge in [-0.2, -0.15) is 0 Å². The third-order valence-corrected chi connectivity index (χ3v) is 1.05. The van der Waals surface area contributed by atoms with E-state index in [-0.39, 0.29) is 12.5 Å². The number of amides is 1. The Balaban J connectivity index is 3.04. The predicted molar refractivity (Wildman–Crippen MR) is 41.4 cm³/mol. The van der Waals surface area contributed by atoms with Crippen molar-refractivity contribution in [3.05, 3.63) is 0 Å². The van der Waals surface area contributed by atoms with Gasteiger partial charge >= 0.3 is 0 Å². The molecule has 0 rings (SSSR count). The summed E-state index contributed by atoms with van der Waals surface area (Å²) in [4.78, 5) is 10.7. The van der Waals surface area contributed by atoms with Crippen molar-refractivity contribution in [1.82, 2.24) is 5.32 Å². The lowest BCUT2D eigenvalue weighted by Gasteiger charge is -2.03. The molecule has 4 heteroatoms. The first kappa shape index (κ1) is 10.4. The Kier molecular flexibility index (Phi) is 7.08. The van der Waals surface area contributed by atoms with Gasteiger partial charge in [0.15, 0.2) is 0 Å². The first-order chi connectivity index (χ1) is 5.31. The van der Waals surface area contributed by atoms with E-state index >= 15 is 0 Å². The van der Waals surface area contributed by atoms with E-state index < -0.39 is 0 Å². The summed E-state index contributed by atoms with van der Waals surface area (Å²) in [6.45, 7) is 3.82. The second-order valence-electron chi connectivity index (χ2n) is 1.98. The van der Waals surface area contributed by atoms with Crippen LogP contribution in [0.1, 0.15) is 6.92 Å². The molecule has 0 heterocycles. The zero-order valence-corrected chi connectivity index (χ0v) is 7.05. The van der Waals surface area contributed by atoms with Crippen molar-refractivity contribution < 1.29 is 14.3 Å². The molecule has 0 aromatic carbocycles. The van der Waals surface area contributed by atoms with Gasteiger partial charge < -0.3 is 14.8 Å². The summed E-state index contributed by atoms with van der Waals surface area (Å²) in [5, 5.41) is 2.63. The molecule has 0 atom stereocenters. The first-order valence-corrected chi connectivity index (χ1v) is 3.64. The van der Waals surface area contributed by atoms with Crippen molar-refractivity contribution in [3.8, 4) is 0 Å². The van der Waals surface area contributed by atoms with Gasteiger partial charge in [-0.1, -0.05) is 0 Å². The molecule has 0 saturated heterocycles. The van der Waals surface area contributed by atoms with Crippen LogP contribution < -0.4 is 5.32 Å². The Morgan fingerprint density at radius 1 is 1.55 bits per heavy atom. The second-order valence-corrected chi connectivity index (χ2v) is 1.98. The summed E-state index contributed by atoms with van der Waals surface area (Å²) >= 11 is 0. The van der Waals surface area contributed by atoms with Gasteiger partial charge in [0.05, 0.1) is 6.61 Å². The van der Waals surface area contributed by atoms with E-state index in [9.17, 15) is 4.79 Å². The van der Waals surface area contributed by atoms with Crippen LogP contribution in [0.4, 0.5) is 0 Å². The molecule has 0 aromatic heterocycles. The maximum absolute atomic E-state index is 10.7. The molecular formula is C7H15NO3. The van der Waals surface area contributed by atoms with Gasteiger partial charge in [0.2, 0.25) is 5.91 Å². The van der Waals surface area contributed by atoms with Crippen LogP contribution in [0, 0.1) is 0 Å². The number of rotatable bonds is 6. The maximum Gasteiger partial charge on any atom is 0.246 e. The van der Waals surface area contributed by atoms with E-state index in [1.54, 1.807) is 0 Å². The molecule has 0 spiro atoms. The highest BCUT2D eigenvalue weighted by atomic mass is 16.5. The number of carbonyl (C=O) groups excluding carboxylic acids is 1. The zero-order valence-electron chi connectivity index (χ0n) is 7.05. The van der Waals surface area contributed by atoms with Gasteiger partial charge in [0.25, 0.3) is 0 Å². The monoisotopic (exact) mass is 161 g/mol. The second kappa shape index (κ2) is 7.50. The molecule has 66 valence electrons. The van der Waals surface area contributed by atoms with Gasteiger partial charge in [-0.25, -0.2) is 0 Å². The summed E-state index contributed by atoms with van der Waals surface area (Å²) in [7, 11) is 1.49. The fraction of sp³-hybridized carbons (Fsp3) is 0.857. The molecular weight excluding hydrogens is 146 g/mol. The molecule has 1 amide bonds. The number of ether oxygens (including phenoxy) is 2. The van der Waals surface area contributed by atoms with Crippen LogP contribution in [0.25, 0.3) is 0 Å². The Morgan fingerprint density at radius 3 is 2.82 bits per heavy atom. The van der Waals surface area contributed by atoms with Crippen LogP contribution in [0.5, 0.6) is 0 Å². The third-order valence-electron chi connectivity index (χ3n) is 1.05. The molecule has 0 aromatic rings. The molecule has 0 unspecified atom stereocenters. The highest BCUT2D eigenvalue weighted by molar-refractivity contribution is 5.77. The minimum absolute atomic E-state index is 0.104. The van der Waals surface area contributed by atoms with E-state index in [0.717, 1.165) is 0 Å². The van der Waals surface area contributed by atoms with Gasteiger partial charge in [-0.05, 0) is 6.92 Å². The van der Waals surface area contributed by atoms with E-state index in [4.69, 9.17) is 4.74 Å². The Hall–Kier alpha value is -0.610. The standard InChI is InChI=1S/C7H15NO3/c1-3-11-5-4-8-7(9)6-10-2/h3-6H2,1-2H3,(H,8,9). The Labute approximate surface area is 66.9 Å². The Morgan fingerprint density at radius 2 is 2.27 bits per heavy atom. The Bertz CT molecular complexity index is 106. The van der Waals surface area contributed by atoms with Gasteiger partial charge in [0.1, 0.15) is 6.61 Å². The minimum Gasteiger partial charge on any atom is -0.380 e. The average molecular weight is 161 g/mol. The van der Waals surface area contributed by atoms with Crippen LogP contribution in [0.15, 0.2) is 0 Å². The summed E-state index contributed by atoms with van der Waals surface area (Å²) in [5.74, 6) is -0.104. The van der Waals surface area contributed by atoms with Gasteiger partial charge in [-0.15, -0.1) is 0 Å². The van der Waals surface area contributed by atoms with Crippen molar-refractivity contribution in [3.63, 3.8) is 0 Å². The zero-order chi connectivity index (χ0) is 8.53. The third kappa shape index (κ3) is 7.29. The molecule has 0 bridgehead atoms. The predicted octanol–water partition coefficient (Wildman–Crippen LogP) is -0.215. The molecule has 0 radical (unpaired) electrons. The quantitative estimate of drug-likeness (QED) is 0.548. The van der Waals surface area contributed by atoms with E-state index in [0.29, 0.717) is 19.8 Å². The van der Waals surface area contributed by atoms with E-state index in [2.05, 4.69) is 10.1 Å². The van der Waals surface area contributed by atoms with Crippen molar-refractivity contribution in [2.24, 2.45) is 0 Å². The lowest BCUT2D eigenvalue weighted by molar-refractivity contribution is -0.124. The highest BCUT2D eigenvalue weighted by Crippen LogP contribution is 1.72. The lowest BCUT2D eigenvalue weighted by atomic mass is 10.6. The van der Waals surface area contributed by atoms with Crippen molar-refractivity contribution in [1.29, 1.82) is 0 Å². The molecule has 4 nitrogen and oxygen atoms in total. The van der Waals surface area contributed by atoms with Crippen molar-refractivity contribution in [2.45, 2.75) is 6.92 Å². The van der Waals surface area contributed by atoms with Crippen molar-refractivity contribution in [2.75, 3.05) is 33.5 Å². The molecule has 0 aliphatic heterocycles. The van der Waals surface area contributed by atoms with Gasteiger partial charge in [0, 0.05) is 20.3 Å². The van der Waals surface area contributed by atoms with E-state index in [1.165, 1.54) is 7.11 Å². The largest absolute Gasteiger partial charge is 0.380 e.